The molecule has 6 heteroatoms. The first-order chi connectivity index (χ1) is 11.8. The molecule has 2 rings (SSSR count). The predicted molar refractivity (Wildman–Crippen MR) is 98.5 cm³/mol. The van der Waals surface area contributed by atoms with E-state index in [1.54, 1.807) is 17.0 Å². The van der Waals surface area contributed by atoms with Crippen molar-refractivity contribution in [2.45, 2.75) is 46.1 Å². The Hall–Kier alpha value is -2.24. The fourth-order valence-corrected chi connectivity index (χ4v) is 2.81. The number of fused-ring (bicyclic) bond motifs is 1. The van der Waals surface area contributed by atoms with Crippen LogP contribution in [0.15, 0.2) is 18.2 Å². The van der Waals surface area contributed by atoms with E-state index in [1.807, 2.05) is 26.8 Å². The lowest BCUT2D eigenvalue weighted by Crippen LogP contribution is -2.44. The van der Waals surface area contributed by atoms with Gasteiger partial charge in [0.1, 0.15) is 5.60 Å². The summed E-state index contributed by atoms with van der Waals surface area (Å²) in [6, 6.07) is 5.31. The largest absolute Gasteiger partial charge is 0.456 e. The van der Waals surface area contributed by atoms with E-state index in [1.165, 1.54) is 7.11 Å². The van der Waals surface area contributed by atoms with E-state index in [9.17, 15) is 9.59 Å². The van der Waals surface area contributed by atoms with Crippen LogP contribution >= 0.6 is 0 Å². The van der Waals surface area contributed by atoms with Gasteiger partial charge in [-0.2, -0.15) is 0 Å². The second-order valence-corrected chi connectivity index (χ2v) is 7.17. The highest BCUT2D eigenvalue weighted by Gasteiger charge is 2.28. The molecule has 25 heavy (non-hydrogen) atoms. The Bertz CT molecular complexity index is 637. The standard InChI is InChI=1S/C19H28N2O4/c1-6-7-10-20-11-12-21(18(23)24-5)15-9-8-14(13-16(15)20)17(22)25-19(2,3)4/h8-9,13H,6-7,10-12H2,1-5H3. The Kier molecular flexibility index (Phi) is 5.93. The number of hydrogen-bond donors (Lipinski definition) is 0. The van der Waals surface area contributed by atoms with Crippen molar-refractivity contribution in [1.82, 2.24) is 0 Å². The Balaban J connectivity index is 2.37. The van der Waals surface area contributed by atoms with Gasteiger partial charge in [0.15, 0.2) is 0 Å². The maximum atomic E-state index is 12.4. The summed E-state index contributed by atoms with van der Waals surface area (Å²) >= 11 is 0. The molecule has 0 saturated carbocycles. The lowest BCUT2D eigenvalue weighted by Gasteiger charge is -2.37. The molecule has 0 spiro atoms. The average Bonchev–Trinajstić information content (AvgIpc) is 2.56. The van der Waals surface area contributed by atoms with Crippen LogP contribution in [-0.4, -0.2) is 44.4 Å². The number of nitrogens with zero attached hydrogens (tertiary/aromatic N) is 2. The van der Waals surface area contributed by atoms with Gasteiger partial charge in [0.2, 0.25) is 0 Å². The van der Waals surface area contributed by atoms with Crippen molar-refractivity contribution in [2.24, 2.45) is 0 Å². The van der Waals surface area contributed by atoms with Crippen LogP contribution in [0.2, 0.25) is 0 Å². The molecular formula is C19H28N2O4. The molecule has 1 aromatic carbocycles. The summed E-state index contributed by atoms with van der Waals surface area (Å²) in [6.45, 7) is 9.83. The van der Waals surface area contributed by atoms with Crippen LogP contribution in [-0.2, 0) is 9.47 Å². The van der Waals surface area contributed by atoms with Crippen LogP contribution in [0.25, 0.3) is 0 Å². The molecule has 0 fully saturated rings. The molecule has 0 radical (unpaired) electrons. The van der Waals surface area contributed by atoms with E-state index in [0.717, 1.165) is 30.8 Å². The van der Waals surface area contributed by atoms with Gasteiger partial charge < -0.3 is 14.4 Å². The van der Waals surface area contributed by atoms with Gasteiger partial charge in [0.25, 0.3) is 0 Å². The number of ether oxygens (including phenoxy) is 2. The predicted octanol–water partition coefficient (Wildman–Crippen LogP) is 3.83. The molecule has 0 saturated heterocycles. The Morgan fingerprint density at radius 1 is 1.16 bits per heavy atom. The molecule has 0 bridgehead atoms. The van der Waals surface area contributed by atoms with E-state index < -0.39 is 5.60 Å². The molecule has 0 unspecified atom stereocenters. The number of amides is 1. The molecule has 138 valence electrons. The minimum absolute atomic E-state index is 0.360. The van der Waals surface area contributed by atoms with E-state index in [4.69, 9.17) is 9.47 Å². The minimum atomic E-state index is -0.549. The fraction of sp³-hybridized carbons (Fsp3) is 0.579. The Morgan fingerprint density at radius 3 is 2.48 bits per heavy atom. The lowest BCUT2D eigenvalue weighted by atomic mass is 10.1. The number of esters is 1. The molecule has 6 nitrogen and oxygen atoms in total. The molecule has 0 atom stereocenters. The molecular weight excluding hydrogens is 320 g/mol. The van der Waals surface area contributed by atoms with Crippen molar-refractivity contribution in [3.63, 3.8) is 0 Å². The van der Waals surface area contributed by atoms with Crippen molar-refractivity contribution in [3.05, 3.63) is 23.8 Å². The van der Waals surface area contributed by atoms with Gasteiger partial charge in [0, 0.05) is 19.6 Å². The number of carbonyl (C=O) groups is 2. The summed E-state index contributed by atoms with van der Waals surface area (Å²) in [4.78, 5) is 28.3. The Morgan fingerprint density at radius 2 is 1.88 bits per heavy atom. The van der Waals surface area contributed by atoms with Gasteiger partial charge in [0.05, 0.1) is 24.0 Å². The van der Waals surface area contributed by atoms with E-state index >= 15 is 0 Å². The summed E-state index contributed by atoms with van der Waals surface area (Å²) in [7, 11) is 1.38. The topological polar surface area (TPSA) is 59.1 Å². The highest BCUT2D eigenvalue weighted by molar-refractivity contribution is 5.97. The molecule has 1 heterocycles. The fourth-order valence-electron chi connectivity index (χ4n) is 2.81. The highest BCUT2D eigenvalue weighted by Crippen LogP contribution is 2.35. The van der Waals surface area contributed by atoms with Gasteiger partial charge in [-0.15, -0.1) is 0 Å². The second kappa shape index (κ2) is 7.76. The normalized spacial score (nSPS) is 14.1. The lowest BCUT2D eigenvalue weighted by molar-refractivity contribution is 0.00695. The monoisotopic (exact) mass is 348 g/mol. The van der Waals surface area contributed by atoms with Crippen molar-refractivity contribution in [3.8, 4) is 0 Å². The molecule has 1 aliphatic rings. The quantitative estimate of drug-likeness (QED) is 0.774. The number of anilines is 2. The van der Waals surface area contributed by atoms with Crippen LogP contribution in [0, 0.1) is 0 Å². The molecule has 1 amide bonds. The molecule has 0 aliphatic carbocycles. The van der Waals surface area contributed by atoms with Crippen molar-refractivity contribution in [2.75, 3.05) is 36.5 Å². The van der Waals surface area contributed by atoms with Crippen LogP contribution in [0.5, 0.6) is 0 Å². The minimum Gasteiger partial charge on any atom is -0.456 e. The summed E-state index contributed by atoms with van der Waals surface area (Å²) in [5.74, 6) is -0.360. The third kappa shape index (κ3) is 4.65. The second-order valence-electron chi connectivity index (χ2n) is 7.17. The maximum Gasteiger partial charge on any atom is 0.414 e. The summed E-state index contributed by atoms with van der Waals surface area (Å²) < 4.78 is 10.3. The first kappa shape index (κ1) is 19.1. The van der Waals surface area contributed by atoms with E-state index in [2.05, 4.69) is 11.8 Å². The highest BCUT2D eigenvalue weighted by atomic mass is 16.6. The zero-order valence-electron chi connectivity index (χ0n) is 15.8. The van der Waals surface area contributed by atoms with Gasteiger partial charge in [-0.25, -0.2) is 9.59 Å². The zero-order chi connectivity index (χ0) is 18.6. The third-order valence-corrected chi connectivity index (χ3v) is 4.01. The van der Waals surface area contributed by atoms with Gasteiger partial charge in [-0.3, -0.25) is 4.90 Å². The van der Waals surface area contributed by atoms with Gasteiger partial charge >= 0.3 is 12.1 Å². The first-order valence-corrected chi connectivity index (χ1v) is 8.74. The zero-order valence-corrected chi connectivity index (χ0v) is 15.8. The smallest absolute Gasteiger partial charge is 0.414 e. The van der Waals surface area contributed by atoms with E-state index in [0.29, 0.717) is 18.7 Å². The van der Waals surface area contributed by atoms with Crippen molar-refractivity contribution in [1.29, 1.82) is 0 Å². The summed E-state index contributed by atoms with van der Waals surface area (Å²) in [5.41, 5.74) is 1.57. The number of carbonyl (C=O) groups excluding carboxylic acids is 2. The third-order valence-electron chi connectivity index (χ3n) is 4.01. The molecule has 0 aromatic heterocycles. The number of benzene rings is 1. The SMILES string of the molecule is CCCCN1CCN(C(=O)OC)c2ccc(C(=O)OC(C)(C)C)cc21. The number of unbranched alkanes of at least 4 members (excludes halogenated alkanes) is 1. The van der Waals surface area contributed by atoms with Gasteiger partial charge in [-0.05, 0) is 45.4 Å². The first-order valence-electron chi connectivity index (χ1n) is 8.74. The van der Waals surface area contributed by atoms with Crippen molar-refractivity contribution < 1.29 is 19.1 Å². The van der Waals surface area contributed by atoms with Crippen LogP contribution in [0.1, 0.15) is 50.9 Å². The molecule has 0 N–H and O–H groups in total. The Labute approximate surface area is 149 Å². The van der Waals surface area contributed by atoms with Crippen LogP contribution in [0.4, 0.5) is 16.2 Å². The number of methoxy groups -OCH3 is 1. The maximum absolute atomic E-state index is 12.4. The number of rotatable bonds is 4. The van der Waals surface area contributed by atoms with E-state index in [-0.39, 0.29) is 12.1 Å². The summed E-state index contributed by atoms with van der Waals surface area (Å²) in [6.07, 6.45) is 1.74. The van der Waals surface area contributed by atoms with Crippen LogP contribution < -0.4 is 9.80 Å². The molecule has 1 aliphatic heterocycles. The summed E-state index contributed by atoms with van der Waals surface area (Å²) in [5, 5.41) is 0. The number of hydrogen-bond acceptors (Lipinski definition) is 5. The molecule has 1 aromatic rings. The van der Waals surface area contributed by atoms with Crippen molar-refractivity contribution >= 4 is 23.4 Å². The van der Waals surface area contributed by atoms with Crippen LogP contribution in [0.3, 0.4) is 0 Å². The van der Waals surface area contributed by atoms with Gasteiger partial charge in [-0.1, -0.05) is 13.3 Å². The average molecular weight is 348 g/mol.